The third kappa shape index (κ3) is 2.32. The van der Waals surface area contributed by atoms with Crippen molar-refractivity contribution < 1.29 is 13.7 Å². The molecule has 0 aliphatic heterocycles. The third-order valence-electron chi connectivity index (χ3n) is 2.56. The monoisotopic (exact) mass is 281 g/mol. The Morgan fingerprint density at radius 3 is 2.70 bits per heavy atom. The van der Waals surface area contributed by atoms with Crippen LogP contribution in [0.3, 0.4) is 0 Å². The molecule has 0 bridgehead atoms. The van der Waals surface area contributed by atoms with Crippen molar-refractivity contribution >= 4 is 23.0 Å². The second kappa shape index (κ2) is 5.03. The highest BCUT2D eigenvalue weighted by Crippen LogP contribution is 2.31. The van der Waals surface area contributed by atoms with Crippen LogP contribution >= 0.6 is 0 Å². The average Bonchev–Trinajstić information content (AvgIpc) is 2.39. The van der Waals surface area contributed by atoms with Gasteiger partial charge in [0, 0.05) is 0 Å². The summed E-state index contributed by atoms with van der Waals surface area (Å²) in [5.41, 5.74) is 4.36. The topological polar surface area (TPSA) is 107 Å². The van der Waals surface area contributed by atoms with Gasteiger partial charge in [0.2, 0.25) is 11.6 Å². The van der Waals surface area contributed by atoms with Crippen LogP contribution in [-0.2, 0) is 0 Å². The number of hydrogen-bond acceptors (Lipinski definition) is 6. The highest BCUT2D eigenvalue weighted by atomic mass is 19.1. The van der Waals surface area contributed by atoms with E-state index in [1.54, 1.807) is 0 Å². The Morgan fingerprint density at radius 2 is 2.05 bits per heavy atom. The summed E-state index contributed by atoms with van der Waals surface area (Å²) in [6, 6.07) is 2.29. The largest absolute Gasteiger partial charge is 0.378 e. The molecule has 7 nitrogen and oxygen atoms in total. The summed E-state index contributed by atoms with van der Waals surface area (Å²) < 4.78 is 27.4. The van der Waals surface area contributed by atoms with Gasteiger partial charge in [0.25, 0.3) is 0 Å². The minimum absolute atomic E-state index is 0.179. The zero-order valence-corrected chi connectivity index (χ0v) is 10.2. The number of halogens is 2. The predicted octanol–water partition coefficient (Wildman–Crippen LogP) is 2.30. The second-order valence-corrected chi connectivity index (χ2v) is 3.89. The van der Waals surface area contributed by atoms with E-state index in [1.165, 1.54) is 13.0 Å². The first-order valence-corrected chi connectivity index (χ1v) is 5.38. The molecule has 20 heavy (non-hydrogen) atoms. The maximum atomic E-state index is 13.8. The molecule has 0 aliphatic carbocycles. The van der Waals surface area contributed by atoms with E-state index in [2.05, 4.69) is 15.3 Å². The summed E-state index contributed by atoms with van der Waals surface area (Å²) >= 11 is 0. The van der Waals surface area contributed by atoms with Crippen LogP contribution in [0.5, 0.6) is 0 Å². The smallest absolute Gasteiger partial charge is 0.353 e. The van der Waals surface area contributed by atoms with Crippen molar-refractivity contribution in [3.05, 3.63) is 45.8 Å². The fourth-order valence-electron chi connectivity index (χ4n) is 1.55. The molecule has 0 saturated carbocycles. The number of aryl methyl sites for hydroxylation is 1. The molecule has 9 heteroatoms. The summed E-state index contributed by atoms with van der Waals surface area (Å²) in [7, 11) is 0. The lowest BCUT2D eigenvalue weighted by Gasteiger charge is -2.10. The van der Waals surface area contributed by atoms with Gasteiger partial charge in [0.15, 0.2) is 5.82 Å². The van der Waals surface area contributed by atoms with Crippen LogP contribution in [0.2, 0.25) is 0 Å². The number of anilines is 3. The summed E-state index contributed by atoms with van der Waals surface area (Å²) in [6.45, 7) is 1.43. The van der Waals surface area contributed by atoms with E-state index < -0.39 is 33.8 Å². The number of nitrogens with zero attached hydrogens (tertiary/aromatic N) is 3. The molecule has 0 radical (unpaired) electrons. The number of aromatic nitrogens is 2. The molecule has 104 valence electrons. The third-order valence-corrected chi connectivity index (χ3v) is 2.56. The molecule has 1 aromatic heterocycles. The minimum atomic E-state index is -0.903. The Balaban J connectivity index is 2.54. The first kappa shape index (κ1) is 13.6. The maximum absolute atomic E-state index is 13.8. The maximum Gasteiger partial charge on any atom is 0.353 e. The Kier molecular flexibility index (Phi) is 3.42. The molecule has 1 heterocycles. The molecule has 3 N–H and O–H groups in total. The van der Waals surface area contributed by atoms with Crippen LogP contribution in [-0.4, -0.2) is 14.9 Å². The standard InChI is InChI=1S/C11H9F2N5O2/c1-5-2-3-6(12)8(7(5)13)17-11-9(18(19)20)10(14)15-4-16-11/h2-4H,1H3,(H3,14,15,16,17). The quantitative estimate of drug-likeness (QED) is 0.660. The van der Waals surface area contributed by atoms with Gasteiger partial charge in [-0.05, 0) is 18.6 Å². The number of nitro groups is 1. The number of nitrogen functional groups attached to an aromatic ring is 1. The van der Waals surface area contributed by atoms with Gasteiger partial charge in [-0.3, -0.25) is 10.1 Å². The number of benzene rings is 1. The normalized spacial score (nSPS) is 10.3. The Hall–Kier alpha value is -2.84. The average molecular weight is 281 g/mol. The highest BCUT2D eigenvalue weighted by molar-refractivity contribution is 5.72. The van der Waals surface area contributed by atoms with Gasteiger partial charge in [-0.1, -0.05) is 6.07 Å². The van der Waals surface area contributed by atoms with Crippen molar-refractivity contribution in [1.29, 1.82) is 0 Å². The molecular formula is C11H9F2N5O2. The van der Waals surface area contributed by atoms with Crippen LogP contribution in [0.25, 0.3) is 0 Å². The van der Waals surface area contributed by atoms with E-state index in [9.17, 15) is 18.9 Å². The van der Waals surface area contributed by atoms with E-state index in [-0.39, 0.29) is 11.4 Å². The molecule has 1 aromatic carbocycles. The number of hydrogen-bond donors (Lipinski definition) is 2. The number of rotatable bonds is 3. The number of nitrogens with two attached hydrogens (primary N) is 1. The lowest BCUT2D eigenvalue weighted by molar-refractivity contribution is -0.383. The zero-order valence-electron chi connectivity index (χ0n) is 10.2. The molecule has 2 aromatic rings. The van der Waals surface area contributed by atoms with Crippen molar-refractivity contribution in [2.24, 2.45) is 0 Å². The van der Waals surface area contributed by atoms with E-state index in [1.807, 2.05) is 0 Å². The summed E-state index contributed by atoms with van der Waals surface area (Å²) in [5, 5.41) is 13.1. The van der Waals surface area contributed by atoms with Crippen LogP contribution in [0, 0.1) is 28.7 Å². The second-order valence-electron chi connectivity index (χ2n) is 3.89. The van der Waals surface area contributed by atoms with Crippen molar-refractivity contribution in [2.45, 2.75) is 6.92 Å². The summed E-state index contributed by atoms with van der Waals surface area (Å²) in [5.74, 6) is -2.55. The Bertz CT molecular complexity index is 693. The first-order valence-electron chi connectivity index (χ1n) is 5.38. The van der Waals surface area contributed by atoms with Crippen LogP contribution in [0.4, 0.5) is 31.8 Å². The summed E-state index contributed by atoms with van der Waals surface area (Å²) in [6.07, 6.45) is 0.955. The molecule has 0 unspecified atom stereocenters. The molecular weight excluding hydrogens is 272 g/mol. The minimum Gasteiger partial charge on any atom is -0.378 e. The summed E-state index contributed by atoms with van der Waals surface area (Å²) in [4.78, 5) is 17.1. The van der Waals surface area contributed by atoms with Gasteiger partial charge in [-0.15, -0.1) is 0 Å². The van der Waals surface area contributed by atoms with Gasteiger partial charge < -0.3 is 11.1 Å². The van der Waals surface area contributed by atoms with Gasteiger partial charge in [-0.25, -0.2) is 18.7 Å². The van der Waals surface area contributed by atoms with E-state index >= 15 is 0 Å². The highest BCUT2D eigenvalue weighted by Gasteiger charge is 2.23. The molecule has 0 atom stereocenters. The van der Waals surface area contributed by atoms with E-state index in [0.29, 0.717) is 0 Å². The molecule has 2 rings (SSSR count). The molecule has 0 fully saturated rings. The van der Waals surface area contributed by atoms with Gasteiger partial charge in [-0.2, -0.15) is 0 Å². The Morgan fingerprint density at radius 1 is 1.35 bits per heavy atom. The van der Waals surface area contributed by atoms with Gasteiger partial charge in [0.1, 0.15) is 17.8 Å². The zero-order chi connectivity index (χ0) is 14.9. The van der Waals surface area contributed by atoms with Crippen molar-refractivity contribution in [2.75, 3.05) is 11.1 Å². The van der Waals surface area contributed by atoms with E-state index in [4.69, 9.17) is 5.73 Å². The van der Waals surface area contributed by atoms with Crippen LogP contribution in [0.15, 0.2) is 18.5 Å². The van der Waals surface area contributed by atoms with E-state index in [0.717, 1.165) is 12.4 Å². The predicted molar refractivity (Wildman–Crippen MR) is 67.5 cm³/mol. The lowest BCUT2D eigenvalue weighted by atomic mass is 10.2. The van der Waals surface area contributed by atoms with Crippen molar-refractivity contribution in [3.63, 3.8) is 0 Å². The number of nitrogens with one attached hydrogen (secondary N) is 1. The molecule has 0 amide bonds. The van der Waals surface area contributed by atoms with Crippen molar-refractivity contribution in [3.8, 4) is 0 Å². The molecule has 0 aliphatic rings. The lowest BCUT2D eigenvalue weighted by Crippen LogP contribution is -2.07. The van der Waals surface area contributed by atoms with Gasteiger partial charge >= 0.3 is 5.69 Å². The van der Waals surface area contributed by atoms with Crippen molar-refractivity contribution in [1.82, 2.24) is 9.97 Å². The fourth-order valence-corrected chi connectivity index (χ4v) is 1.55. The van der Waals surface area contributed by atoms with Crippen LogP contribution in [0.1, 0.15) is 5.56 Å². The SMILES string of the molecule is Cc1ccc(F)c(Nc2ncnc(N)c2[N+](=O)[O-])c1F. The molecule has 0 saturated heterocycles. The Labute approximate surface area is 111 Å². The fraction of sp³-hybridized carbons (Fsp3) is 0.0909. The first-order chi connectivity index (χ1) is 9.41. The molecule has 0 spiro atoms. The van der Waals surface area contributed by atoms with Crippen LogP contribution < -0.4 is 11.1 Å². The van der Waals surface area contributed by atoms with Gasteiger partial charge in [0.05, 0.1) is 4.92 Å².